The largest absolute Gasteiger partial charge is 0.305 e. The highest BCUT2D eigenvalue weighted by Crippen LogP contribution is 2.27. The van der Waals surface area contributed by atoms with Crippen LogP contribution < -0.4 is 10.9 Å². The van der Waals surface area contributed by atoms with E-state index < -0.39 is 0 Å². The third-order valence-electron chi connectivity index (χ3n) is 2.70. The molecule has 0 aromatic carbocycles. The van der Waals surface area contributed by atoms with Crippen molar-refractivity contribution in [3.8, 4) is 0 Å². The summed E-state index contributed by atoms with van der Waals surface area (Å²) in [6.45, 7) is 8.91. The molecule has 1 aliphatic rings. The van der Waals surface area contributed by atoms with E-state index in [0.29, 0.717) is 6.17 Å². The molecule has 14 heavy (non-hydrogen) atoms. The van der Waals surface area contributed by atoms with Crippen molar-refractivity contribution in [1.82, 2.24) is 14.0 Å². The molecule has 0 bridgehead atoms. The van der Waals surface area contributed by atoms with E-state index in [9.17, 15) is 0 Å². The number of rotatable bonds is 3. The molecule has 0 aromatic heterocycles. The van der Waals surface area contributed by atoms with E-state index >= 15 is 0 Å². The van der Waals surface area contributed by atoms with E-state index in [2.05, 4.69) is 70.6 Å². The Labute approximate surface area is 101 Å². The average molecular weight is 309 g/mol. The zero-order chi connectivity index (χ0) is 10.8. The summed E-state index contributed by atoms with van der Waals surface area (Å²) in [4.78, 5) is 0. The van der Waals surface area contributed by atoms with E-state index in [1.807, 2.05) is 0 Å². The first-order valence-corrected chi connectivity index (χ1v) is 6.16. The molecule has 2 N–H and O–H groups in total. The third-order valence-corrected chi connectivity index (χ3v) is 3.89. The summed E-state index contributed by atoms with van der Waals surface area (Å²) in [5.74, 6) is 1.18. The minimum Gasteiger partial charge on any atom is -0.305 e. The van der Waals surface area contributed by atoms with Crippen molar-refractivity contribution in [2.45, 2.75) is 46.7 Å². The second kappa shape index (κ2) is 4.70. The summed E-state index contributed by atoms with van der Waals surface area (Å²) in [5.41, 5.74) is 6.74. The lowest BCUT2D eigenvalue weighted by atomic mass is 9.90. The fourth-order valence-electron chi connectivity index (χ4n) is 1.27. The maximum atomic E-state index is 3.25. The van der Waals surface area contributed by atoms with Gasteiger partial charge in [-0.15, -0.1) is 0 Å². The van der Waals surface area contributed by atoms with Gasteiger partial charge >= 0.3 is 0 Å². The van der Waals surface area contributed by atoms with Crippen molar-refractivity contribution in [1.29, 1.82) is 0 Å². The van der Waals surface area contributed by atoms with Crippen molar-refractivity contribution in [2.24, 2.45) is 5.41 Å². The highest BCUT2D eigenvalue weighted by Gasteiger charge is 2.25. The summed E-state index contributed by atoms with van der Waals surface area (Å²) in [6, 6.07) is 0. The Morgan fingerprint density at radius 3 is 2.57 bits per heavy atom. The van der Waals surface area contributed by atoms with E-state index in [-0.39, 0.29) is 5.41 Å². The van der Waals surface area contributed by atoms with Crippen LogP contribution in [0.25, 0.3) is 0 Å². The van der Waals surface area contributed by atoms with Crippen LogP contribution in [0.1, 0.15) is 40.5 Å². The van der Waals surface area contributed by atoms with Gasteiger partial charge in [-0.25, -0.2) is 5.43 Å². The molecule has 1 atom stereocenters. The Hall–Kier alpha value is 0.0300. The molecule has 3 nitrogen and oxygen atoms in total. The Bertz CT molecular complexity index is 225. The summed E-state index contributed by atoms with van der Waals surface area (Å²) in [5, 5.41) is 0. The molecule has 0 aromatic rings. The topological polar surface area (TPSA) is 27.3 Å². The minimum absolute atomic E-state index is 0.260. The SMILES string of the molecule is CCC1NN/C(=C/C(C)(C)CC)N1I. The Morgan fingerprint density at radius 2 is 2.14 bits per heavy atom. The standard InChI is InChI=1S/C10H20IN3/c1-5-8-12-13-9(14(8)11)7-10(3,4)6-2/h7-8,12-13H,5-6H2,1-4H3/b9-7-. The number of halogens is 1. The molecule has 1 heterocycles. The minimum atomic E-state index is 0.260. The summed E-state index contributed by atoms with van der Waals surface area (Å²) < 4.78 is 2.23. The number of hydrazine groups is 1. The average Bonchev–Trinajstić information content (AvgIpc) is 2.47. The Morgan fingerprint density at radius 1 is 1.50 bits per heavy atom. The van der Waals surface area contributed by atoms with Crippen LogP contribution in [-0.2, 0) is 0 Å². The Kier molecular flexibility index (Phi) is 4.06. The van der Waals surface area contributed by atoms with Gasteiger partial charge in [-0.1, -0.05) is 27.7 Å². The van der Waals surface area contributed by atoms with Gasteiger partial charge in [-0.3, -0.25) is 3.11 Å². The van der Waals surface area contributed by atoms with Gasteiger partial charge in [0.25, 0.3) is 0 Å². The molecule has 1 fully saturated rings. The van der Waals surface area contributed by atoms with Gasteiger partial charge in [-0.05, 0) is 24.3 Å². The normalized spacial score (nSPS) is 25.6. The fourth-order valence-corrected chi connectivity index (χ4v) is 2.06. The van der Waals surface area contributed by atoms with Gasteiger partial charge in [0.1, 0.15) is 12.0 Å². The van der Waals surface area contributed by atoms with Gasteiger partial charge in [-0.2, -0.15) is 0 Å². The van der Waals surface area contributed by atoms with Gasteiger partial charge < -0.3 is 5.43 Å². The van der Waals surface area contributed by atoms with Gasteiger partial charge in [0.2, 0.25) is 0 Å². The quantitative estimate of drug-likeness (QED) is 0.620. The molecule has 1 unspecified atom stereocenters. The van der Waals surface area contributed by atoms with Gasteiger partial charge in [0.15, 0.2) is 0 Å². The zero-order valence-corrected chi connectivity index (χ0v) is 11.6. The number of allylic oxidation sites excluding steroid dienone is 1. The second-order valence-corrected chi connectivity index (χ2v) is 5.42. The first-order valence-electron chi connectivity index (χ1n) is 5.19. The van der Waals surface area contributed by atoms with Crippen LogP contribution >= 0.6 is 22.9 Å². The van der Waals surface area contributed by atoms with Crippen LogP contribution in [0.3, 0.4) is 0 Å². The summed E-state index contributed by atoms with van der Waals surface area (Å²) >= 11 is 2.35. The second-order valence-electron chi connectivity index (χ2n) is 4.38. The number of nitrogens with zero attached hydrogens (tertiary/aromatic N) is 1. The van der Waals surface area contributed by atoms with E-state index in [0.717, 1.165) is 12.8 Å². The number of nitrogens with one attached hydrogen (secondary N) is 2. The highest BCUT2D eigenvalue weighted by atomic mass is 127. The molecule has 1 aliphatic heterocycles. The molecule has 1 saturated heterocycles. The molecule has 0 radical (unpaired) electrons. The van der Waals surface area contributed by atoms with Crippen molar-refractivity contribution in [3.05, 3.63) is 11.9 Å². The van der Waals surface area contributed by atoms with Crippen molar-refractivity contribution in [3.63, 3.8) is 0 Å². The molecule has 0 spiro atoms. The highest BCUT2D eigenvalue weighted by molar-refractivity contribution is 14.1. The first kappa shape index (κ1) is 12.1. The van der Waals surface area contributed by atoms with Crippen LogP contribution in [0.4, 0.5) is 0 Å². The molecule has 82 valence electrons. The lowest BCUT2D eigenvalue weighted by molar-refractivity contribution is 0.426. The lowest BCUT2D eigenvalue weighted by Gasteiger charge is -2.21. The molecule has 1 rings (SSSR count). The smallest absolute Gasteiger partial charge is 0.123 e. The first-order chi connectivity index (χ1) is 6.50. The zero-order valence-electron chi connectivity index (χ0n) is 9.39. The van der Waals surface area contributed by atoms with Crippen LogP contribution in [0.5, 0.6) is 0 Å². The molecular weight excluding hydrogens is 289 g/mol. The van der Waals surface area contributed by atoms with Crippen LogP contribution in [0.2, 0.25) is 0 Å². The van der Waals surface area contributed by atoms with Gasteiger partial charge in [0.05, 0.1) is 22.9 Å². The van der Waals surface area contributed by atoms with E-state index in [1.165, 1.54) is 5.82 Å². The molecular formula is C10H20IN3. The maximum absolute atomic E-state index is 3.25. The van der Waals surface area contributed by atoms with Gasteiger partial charge in [0, 0.05) is 0 Å². The fraction of sp³-hybridized carbons (Fsp3) is 0.800. The van der Waals surface area contributed by atoms with E-state index in [4.69, 9.17) is 0 Å². The summed E-state index contributed by atoms with van der Waals surface area (Å²) in [7, 11) is 0. The Balaban J connectivity index is 2.71. The maximum Gasteiger partial charge on any atom is 0.123 e. The van der Waals surface area contributed by atoms with Crippen LogP contribution in [0, 0.1) is 5.41 Å². The molecule has 0 saturated carbocycles. The predicted molar refractivity (Wildman–Crippen MR) is 68.4 cm³/mol. The molecule has 0 aliphatic carbocycles. The number of hydrogen-bond donors (Lipinski definition) is 2. The third kappa shape index (κ3) is 2.76. The molecule has 0 amide bonds. The van der Waals surface area contributed by atoms with Crippen LogP contribution in [0.15, 0.2) is 11.9 Å². The summed E-state index contributed by atoms with van der Waals surface area (Å²) in [6.07, 6.45) is 4.95. The van der Waals surface area contributed by atoms with E-state index in [1.54, 1.807) is 0 Å². The van der Waals surface area contributed by atoms with Crippen molar-refractivity contribution >= 4 is 22.9 Å². The number of hydrogen-bond acceptors (Lipinski definition) is 3. The predicted octanol–water partition coefficient (Wildman–Crippen LogP) is 2.76. The van der Waals surface area contributed by atoms with Crippen LogP contribution in [-0.4, -0.2) is 9.28 Å². The lowest BCUT2D eigenvalue weighted by Crippen LogP contribution is -2.31. The monoisotopic (exact) mass is 309 g/mol. The molecule has 4 heteroatoms. The van der Waals surface area contributed by atoms with Crippen molar-refractivity contribution < 1.29 is 0 Å². The van der Waals surface area contributed by atoms with Crippen molar-refractivity contribution in [2.75, 3.05) is 0 Å².